The summed E-state index contributed by atoms with van der Waals surface area (Å²) in [5, 5.41) is 6.68. The highest BCUT2D eigenvalue weighted by Crippen LogP contribution is 2.29. The first kappa shape index (κ1) is 23.1. The summed E-state index contributed by atoms with van der Waals surface area (Å²) >= 11 is 0. The number of hydrogen-bond acceptors (Lipinski definition) is 6. The van der Waals surface area contributed by atoms with Gasteiger partial charge in [0.25, 0.3) is 0 Å². The van der Waals surface area contributed by atoms with Crippen LogP contribution in [0.1, 0.15) is 29.9 Å². The number of hydrogen-bond donors (Lipinski definition) is 1. The molecule has 10 heteroatoms. The summed E-state index contributed by atoms with van der Waals surface area (Å²) in [7, 11) is -3.85. The number of carbonyl (C=O) groups excluding carboxylic acids is 1. The van der Waals surface area contributed by atoms with Gasteiger partial charge in [-0.3, -0.25) is 4.79 Å². The molecule has 1 atom stereocenters. The topological polar surface area (TPSA) is 105 Å². The maximum Gasteiger partial charge on any atom is 0.243 e. The molecule has 1 amide bonds. The normalized spacial score (nSPS) is 17.2. The van der Waals surface area contributed by atoms with E-state index in [4.69, 9.17) is 4.52 Å². The quantitative estimate of drug-likeness (QED) is 0.605. The molecule has 4 rings (SSSR count). The molecular formula is C23H25FN4O4S. The van der Waals surface area contributed by atoms with Crippen LogP contribution in [0.3, 0.4) is 0 Å². The molecule has 1 aliphatic rings. The van der Waals surface area contributed by atoms with Crippen LogP contribution >= 0.6 is 0 Å². The van der Waals surface area contributed by atoms with Crippen molar-refractivity contribution in [1.82, 2.24) is 14.4 Å². The zero-order chi connectivity index (χ0) is 23.8. The lowest BCUT2D eigenvalue weighted by Crippen LogP contribution is -2.43. The number of halogens is 1. The van der Waals surface area contributed by atoms with Crippen molar-refractivity contribution >= 4 is 21.6 Å². The fourth-order valence-electron chi connectivity index (χ4n) is 3.95. The van der Waals surface area contributed by atoms with E-state index in [1.165, 1.54) is 22.5 Å². The average molecular weight is 473 g/mol. The molecule has 1 fully saturated rings. The van der Waals surface area contributed by atoms with Crippen LogP contribution in [0.25, 0.3) is 11.4 Å². The number of anilines is 1. The van der Waals surface area contributed by atoms with Gasteiger partial charge in [0.05, 0.1) is 10.8 Å². The third kappa shape index (κ3) is 4.81. The highest BCUT2D eigenvalue weighted by atomic mass is 32.2. The van der Waals surface area contributed by atoms with Crippen molar-refractivity contribution in [2.24, 2.45) is 5.92 Å². The van der Waals surface area contributed by atoms with Gasteiger partial charge < -0.3 is 9.84 Å². The van der Waals surface area contributed by atoms with Gasteiger partial charge in [0.2, 0.25) is 27.6 Å². The average Bonchev–Trinajstić information content (AvgIpc) is 3.22. The molecule has 8 nitrogen and oxygen atoms in total. The zero-order valence-corrected chi connectivity index (χ0v) is 19.4. The minimum Gasteiger partial charge on any atom is -0.339 e. The first-order chi connectivity index (χ1) is 15.6. The zero-order valence-electron chi connectivity index (χ0n) is 18.6. The van der Waals surface area contributed by atoms with E-state index in [1.807, 2.05) is 0 Å². The summed E-state index contributed by atoms with van der Waals surface area (Å²) in [5.41, 5.74) is 2.25. The molecule has 2 aromatic carbocycles. The third-order valence-corrected chi connectivity index (χ3v) is 7.80. The molecule has 1 unspecified atom stereocenters. The maximum atomic E-state index is 13.5. The second kappa shape index (κ2) is 9.03. The van der Waals surface area contributed by atoms with E-state index in [0.717, 1.165) is 0 Å². The van der Waals surface area contributed by atoms with E-state index in [9.17, 15) is 17.6 Å². The van der Waals surface area contributed by atoms with Gasteiger partial charge in [-0.2, -0.15) is 9.29 Å². The molecule has 0 radical (unpaired) electrons. The van der Waals surface area contributed by atoms with E-state index in [1.54, 1.807) is 39.0 Å². The number of sulfonamides is 1. The van der Waals surface area contributed by atoms with Gasteiger partial charge in [-0.15, -0.1) is 0 Å². The number of nitrogens with zero attached hydrogens (tertiary/aromatic N) is 3. The Kier molecular flexibility index (Phi) is 6.31. The monoisotopic (exact) mass is 472 g/mol. The number of benzene rings is 2. The first-order valence-corrected chi connectivity index (χ1v) is 12.1. The standard InChI is InChI=1S/C23H25FN4O4S/c1-14-6-7-17(22-25-16(3)32-27-22)12-21(14)33(30,31)28-10-4-5-18(13-28)23(29)26-20-9-8-19(24)11-15(20)2/h6-9,11-12,18H,4-5,10,13H2,1-3H3,(H,26,29). The predicted octanol–water partition coefficient (Wildman–Crippen LogP) is 3.84. The van der Waals surface area contributed by atoms with Crippen LogP contribution in [0.2, 0.25) is 0 Å². The fourth-order valence-corrected chi connectivity index (χ4v) is 5.72. The second-order valence-electron chi connectivity index (χ2n) is 8.27. The molecule has 33 heavy (non-hydrogen) atoms. The molecule has 3 aromatic rings. The first-order valence-electron chi connectivity index (χ1n) is 10.6. The molecule has 1 N–H and O–H groups in total. The highest BCUT2D eigenvalue weighted by molar-refractivity contribution is 7.89. The number of aryl methyl sites for hydroxylation is 3. The van der Waals surface area contributed by atoms with E-state index in [2.05, 4.69) is 15.5 Å². The molecule has 174 valence electrons. The Labute approximate surface area is 191 Å². The summed E-state index contributed by atoms with van der Waals surface area (Å²) in [6.45, 7) is 5.49. The van der Waals surface area contributed by atoms with Gasteiger partial charge in [-0.1, -0.05) is 17.3 Å². The smallest absolute Gasteiger partial charge is 0.243 e. The number of rotatable bonds is 5. The lowest BCUT2D eigenvalue weighted by Gasteiger charge is -2.31. The molecule has 1 saturated heterocycles. The second-order valence-corrected chi connectivity index (χ2v) is 10.2. The summed E-state index contributed by atoms with van der Waals surface area (Å²) in [6, 6.07) is 9.12. The van der Waals surface area contributed by atoms with Crippen molar-refractivity contribution in [1.29, 1.82) is 0 Å². The Hall–Kier alpha value is -3.11. The number of amides is 1. The molecule has 0 saturated carbocycles. The van der Waals surface area contributed by atoms with Crippen molar-refractivity contribution in [3.8, 4) is 11.4 Å². The minimum atomic E-state index is -3.85. The predicted molar refractivity (Wildman–Crippen MR) is 120 cm³/mol. The maximum absolute atomic E-state index is 13.5. The molecule has 0 bridgehead atoms. The van der Waals surface area contributed by atoms with Crippen LogP contribution in [-0.2, 0) is 14.8 Å². The van der Waals surface area contributed by atoms with Crippen LogP contribution < -0.4 is 5.32 Å². The van der Waals surface area contributed by atoms with E-state index >= 15 is 0 Å². The Morgan fingerprint density at radius 3 is 2.64 bits per heavy atom. The molecule has 0 aliphatic carbocycles. The Bertz CT molecular complexity index is 1310. The molecule has 1 aliphatic heterocycles. The van der Waals surface area contributed by atoms with Crippen LogP contribution in [0, 0.1) is 32.5 Å². The molecular weight excluding hydrogens is 447 g/mol. The van der Waals surface area contributed by atoms with Crippen molar-refractivity contribution in [3.05, 3.63) is 59.2 Å². The van der Waals surface area contributed by atoms with Crippen molar-refractivity contribution < 1.29 is 22.1 Å². The number of aromatic nitrogens is 2. The Morgan fingerprint density at radius 1 is 1.15 bits per heavy atom. The van der Waals surface area contributed by atoms with E-state index < -0.39 is 15.9 Å². The Morgan fingerprint density at radius 2 is 1.94 bits per heavy atom. The number of carbonyl (C=O) groups is 1. The number of piperidine rings is 1. The lowest BCUT2D eigenvalue weighted by molar-refractivity contribution is -0.120. The molecule has 1 aromatic heterocycles. The van der Waals surface area contributed by atoms with Gasteiger partial charge in [-0.05, 0) is 62.1 Å². The summed E-state index contributed by atoms with van der Waals surface area (Å²) in [4.78, 5) is 17.2. The number of nitrogens with one attached hydrogen (secondary N) is 1. The van der Waals surface area contributed by atoms with Crippen molar-refractivity contribution in [3.63, 3.8) is 0 Å². The molecule has 0 spiro atoms. The SMILES string of the molecule is Cc1nc(-c2ccc(C)c(S(=O)(=O)N3CCCC(C(=O)Nc4ccc(F)cc4C)C3)c2)no1. The Balaban J connectivity index is 1.55. The van der Waals surface area contributed by atoms with Gasteiger partial charge in [0.15, 0.2) is 0 Å². The van der Waals surface area contributed by atoms with E-state index in [0.29, 0.717) is 53.5 Å². The van der Waals surface area contributed by atoms with Crippen LogP contribution in [-0.4, -0.2) is 41.9 Å². The van der Waals surface area contributed by atoms with Gasteiger partial charge in [0, 0.05) is 31.3 Å². The van der Waals surface area contributed by atoms with Crippen LogP contribution in [0.4, 0.5) is 10.1 Å². The van der Waals surface area contributed by atoms with Gasteiger partial charge >= 0.3 is 0 Å². The van der Waals surface area contributed by atoms with Gasteiger partial charge in [-0.25, -0.2) is 12.8 Å². The summed E-state index contributed by atoms with van der Waals surface area (Å²) < 4.78 is 46.7. The summed E-state index contributed by atoms with van der Waals surface area (Å²) in [5.74, 6) is -0.474. The van der Waals surface area contributed by atoms with Gasteiger partial charge in [0.1, 0.15) is 5.82 Å². The lowest BCUT2D eigenvalue weighted by atomic mass is 9.98. The molecule has 2 heterocycles. The largest absolute Gasteiger partial charge is 0.339 e. The minimum absolute atomic E-state index is 0.0688. The van der Waals surface area contributed by atoms with E-state index in [-0.39, 0.29) is 23.2 Å². The van der Waals surface area contributed by atoms with Crippen molar-refractivity contribution in [2.75, 3.05) is 18.4 Å². The highest BCUT2D eigenvalue weighted by Gasteiger charge is 2.34. The fraction of sp³-hybridized carbons (Fsp3) is 0.348. The van der Waals surface area contributed by atoms with Crippen LogP contribution in [0.5, 0.6) is 0 Å². The van der Waals surface area contributed by atoms with Crippen LogP contribution in [0.15, 0.2) is 45.8 Å². The summed E-state index contributed by atoms with van der Waals surface area (Å²) in [6.07, 6.45) is 1.13. The third-order valence-electron chi connectivity index (χ3n) is 5.79. The van der Waals surface area contributed by atoms with Crippen molar-refractivity contribution in [2.45, 2.75) is 38.5 Å².